The number of ketones is 1. The first-order valence-corrected chi connectivity index (χ1v) is 9.26. The number of carbonyl (C=O) groups excluding carboxylic acids is 1. The van der Waals surface area contributed by atoms with Crippen molar-refractivity contribution in [3.8, 4) is 23.0 Å². The van der Waals surface area contributed by atoms with Crippen LogP contribution in [-0.2, 0) is 4.74 Å². The number of hydrogen-bond acceptors (Lipinski definition) is 10. The maximum absolute atomic E-state index is 12.4. The minimum Gasteiger partial charge on any atom is -0.508 e. The summed E-state index contributed by atoms with van der Waals surface area (Å²) in [6.07, 6.45) is -5.08. The van der Waals surface area contributed by atoms with Crippen LogP contribution in [-0.4, -0.2) is 78.8 Å². The zero-order valence-electron chi connectivity index (χ0n) is 16.1. The molecule has 7 N–H and O–H groups in total. The van der Waals surface area contributed by atoms with Crippen LogP contribution in [0.3, 0.4) is 0 Å². The molecule has 31 heavy (non-hydrogen) atoms. The topological polar surface area (TPSA) is 177 Å². The Morgan fingerprint density at radius 3 is 2.16 bits per heavy atom. The second-order valence-electron chi connectivity index (χ2n) is 6.94. The van der Waals surface area contributed by atoms with Gasteiger partial charge in [0.2, 0.25) is 6.29 Å². The van der Waals surface area contributed by atoms with Crippen LogP contribution in [0.4, 0.5) is 0 Å². The number of rotatable bonds is 6. The Morgan fingerprint density at radius 1 is 0.968 bits per heavy atom. The Labute approximate surface area is 176 Å². The molecule has 166 valence electrons. The van der Waals surface area contributed by atoms with E-state index in [0.717, 1.165) is 18.2 Å². The molecule has 0 saturated carbocycles. The molecule has 2 aromatic rings. The highest BCUT2D eigenvalue weighted by molar-refractivity contribution is 6.10. The summed E-state index contributed by atoms with van der Waals surface area (Å²) in [6.45, 7) is -0.651. The predicted octanol–water partition coefficient (Wildman–Crippen LogP) is -0.122. The molecule has 0 amide bonds. The zero-order valence-corrected chi connectivity index (χ0v) is 16.1. The molecule has 1 aliphatic rings. The second kappa shape index (κ2) is 9.33. The van der Waals surface area contributed by atoms with Crippen LogP contribution in [0.15, 0.2) is 42.5 Å². The van der Waals surface area contributed by atoms with Crippen molar-refractivity contribution >= 4 is 11.9 Å². The fourth-order valence-corrected chi connectivity index (χ4v) is 3.05. The Balaban J connectivity index is 1.77. The number of aliphatic hydroxyl groups is 4. The van der Waals surface area contributed by atoms with Gasteiger partial charge < -0.3 is 45.2 Å². The van der Waals surface area contributed by atoms with E-state index < -0.39 is 60.2 Å². The van der Waals surface area contributed by atoms with E-state index in [0.29, 0.717) is 5.56 Å². The number of allylic oxidation sites excluding steroid dienone is 1. The number of aliphatic hydroxyl groups excluding tert-OH is 4. The molecule has 3 rings (SSSR count). The van der Waals surface area contributed by atoms with Gasteiger partial charge in [-0.25, -0.2) is 0 Å². The summed E-state index contributed by atoms with van der Waals surface area (Å²) in [5, 5.41) is 68.5. The van der Waals surface area contributed by atoms with Gasteiger partial charge in [0, 0.05) is 12.1 Å². The average molecular weight is 434 g/mol. The Hall–Kier alpha value is -3.15. The molecule has 1 aliphatic heterocycles. The highest BCUT2D eigenvalue weighted by Crippen LogP contribution is 2.35. The van der Waals surface area contributed by atoms with Gasteiger partial charge in [-0.2, -0.15) is 0 Å². The standard InChI is InChI=1S/C21H22O10/c22-9-16-18(27)19(28)20(29)21(31-16)30-12-7-14(25)17(15(26)8-12)13(24)6-3-10-1-4-11(23)5-2-10/h1-8,16,18-23,25-29H,9H2/b6-3+/t16-,18-,19+,20-,21-/m1/s1. The molecule has 0 bridgehead atoms. The van der Waals surface area contributed by atoms with Crippen molar-refractivity contribution < 1.29 is 50.0 Å². The van der Waals surface area contributed by atoms with Crippen LogP contribution in [0, 0.1) is 0 Å². The highest BCUT2D eigenvalue weighted by atomic mass is 16.7. The van der Waals surface area contributed by atoms with Crippen LogP contribution in [0.1, 0.15) is 15.9 Å². The number of benzene rings is 2. The van der Waals surface area contributed by atoms with Crippen LogP contribution in [0.5, 0.6) is 23.0 Å². The predicted molar refractivity (Wildman–Crippen MR) is 106 cm³/mol. The third kappa shape index (κ3) is 4.95. The normalized spacial score (nSPS) is 26.1. The van der Waals surface area contributed by atoms with Crippen molar-refractivity contribution in [2.75, 3.05) is 6.61 Å². The van der Waals surface area contributed by atoms with Gasteiger partial charge in [-0.1, -0.05) is 18.2 Å². The van der Waals surface area contributed by atoms with Crippen molar-refractivity contribution in [1.29, 1.82) is 0 Å². The van der Waals surface area contributed by atoms with Crippen molar-refractivity contribution in [3.05, 3.63) is 53.6 Å². The van der Waals surface area contributed by atoms with Crippen LogP contribution in [0.2, 0.25) is 0 Å². The maximum Gasteiger partial charge on any atom is 0.229 e. The van der Waals surface area contributed by atoms with E-state index in [9.17, 15) is 40.5 Å². The highest BCUT2D eigenvalue weighted by Gasteiger charge is 2.44. The van der Waals surface area contributed by atoms with Gasteiger partial charge in [0.05, 0.1) is 6.61 Å². The van der Waals surface area contributed by atoms with E-state index in [-0.39, 0.29) is 11.5 Å². The maximum atomic E-state index is 12.4. The molecule has 2 aromatic carbocycles. The summed E-state index contributed by atoms with van der Waals surface area (Å²) in [5.41, 5.74) is 0.212. The van der Waals surface area contributed by atoms with Gasteiger partial charge in [-0.3, -0.25) is 4.79 Å². The lowest BCUT2D eigenvalue weighted by molar-refractivity contribution is -0.277. The number of ether oxygens (including phenoxy) is 2. The van der Waals surface area contributed by atoms with Crippen molar-refractivity contribution in [2.45, 2.75) is 30.7 Å². The average Bonchev–Trinajstić information content (AvgIpc) is 2.73. The fraction of sp³-hybridized carbons (Fsp3) is 0.286. The SMILES string of the molecule is O=C(/C=C/c1ccc(O)cc1)c1c(O)cc(O[C@@H]2O[C@H](CO)[C@@H](O)[C@H](O)[C@H]2O)cc1O. The summed E-state index contributed by atoms with van der Waals surface area (Å²) in [5.74, 6) is -2.06. The summed E-state index contributed by atoms with van der Waals surface area (Å²) in [6, 6.07) is 8.01. The fourth-order valence-electron chi connectivity index (χ4n) is 3.05. The first-order chi connectivity index (χ1) is 14.7. The number of aromatic hydroxyl groups is 3. The summed E-state index contributed by atoms with van der Waals surface area (Å²) >= 11 is 0. The van der Waals surface area contributed by atoms with E-state index in [1.54, 1.807) is 12.1 Å². The first-order valence-electron chi connectivity index (χ1n) is 9.26. The van der Waals surface area contributed by atoms with E-state index in [2.05, 4.69) is 0 Å². The van der Waals surface area contributed by atoms with Gasteiger partial charge in [-0.05, 0) is 23.8 Å². The van der Waals surface area contributed by atoms with Gasteiger partial charge >= 0.3 is 0 Å². The zero-order chi connectivity index (χ0) is 22.7. The Morgan fingerprint density at radius 2 is 1.58 bits per heavy atom. The third-order valence-electron chi connectivity index (χ3n) is 4.74. The molecule has 5 atom stereocenters. The molecule has 10 heteroatoms. The van der Waals surface area contributed by atoms with Crippen LogP contribution in [0.25, 0.3) is 6.08 Å². The van der Waals surface area contributed by atoms with Crippen LogP contribution >= 0.6 is 0 Å². The molecule has 1 saturated heterocycles. The van der Waals surface area contributed by atoms with Crippen molar-refractivity contribution in [2.24, 2.45) is 0 Å². The summed E-state index contributed by atoms with van der Waals surface area (Å²) in [4.78, 5) is 12.4. The molecule has 10 nitrogen and oxygen atoms in total. The second-order valence-corrected chi connectivity index (χ2v) is 6.94. The lowest BCUT2D eigenvalue weighted by Gasteiger charge is -2.39. The molecule has 0 spiro atoms. The Kier molecular flexibility index (Phi) is 6.78. The van der Waals surface area contributed by atoms with Gasteiger partial charge in [0.25, 0.3) is 0 Å². The summed E-state index contributed by atoms with van der Waals surface area (Å²) in [7, 11) is 0. The quantitative estimate of drug-likeness (QED) is 0.239. The van der Waals surface area contributed by atoms with Crippen molar-refractivity contribution in [3.63, 3.8) is 0 Å². The number of carbonyl (C=O) groups is 1. The van der Waals surface area contributed by atoms with Crippen LogP contribution < -0.4 is 4.74 Å². The molecular weight excluding hydrogens is 412 g/mol. The first kappa shape index (κ1) is 22.5. The lowest BCUT2D eigenvalue weighted by atomic mass is 9.99. The molecule has 0 aromatic heterocycles. The molecule has 0 radical (unpaired) electrons. The number of phenols is 3. The minimum atomic E-state index is -1.68. The Bertz CT molecular complexity index is 930. The smallest absolute Gasteiger partial charge is 0.229 e. The minimum absolute atomic E-state index is 0.0637. The number of phenolic OH excluding ortho intramolecular Hbond substituents is 3. The van der Waals surface area contributed by atoms with E-state index in [1.807, 2.05) is 0 Å². The van der Waals surface area contributed by atoms with Gasteiger partial charge in [0.1, 0.15) is 53.0 Å². The monoisotopic (exact) mass is 434 g/mol. The molecule has 1 fully saturated rings. The number of hydrogen-bond donors (Lipinski definition) is 7. The van der Waals surface area contributed by atoms with E-state index in [4.69, 9.17) is 9.47 Å². The van der Waals surface area contributed by atoms with Crippen molar-refractivity contribution in [1.82, 2.24) is 0 Å². The van der Waals surface area contributed by atoms with Gasteiger partial charge in [0.15, 0.2) is 5.78 Å². The molecule has 1 heterocycles. The van der Waals surface area contributed by atoms with E-state index >= 15 is 0 Å². The van der Waals surface area contributed by atoms with Gasteiger partial charge in [-0.15, -0.1) is 0 Å². The van der Waals surface area contributed by atoms with E-state index in [1.165, 1.54) is 18.2 Å². The lowest BCUT2D eigenvalue weighted by Crippen LogP contribution is -2.60. The third-order valence-corrected chi connectivity index (χ3v) is 4.74. The largest absolute Gasteiger partial charge is 0.508 e. The molecular formula is C21H22O10. The summed E-state index contributed by atoms with van der Waals surface area (Å²) < 4.78 is 10.5. The molecule has 0 unspecified atom stereocenters. The molecule has 0 aliphatic carbocycles.